The number of carbonyl (C=O) groups is 1. The maximum absolute atomic E-state index is 15.0. The Bertz CT molecular complexity index is 1370. The highest BCUT2D eigenvalue weighted by molar-refractivity contribution is 5.98. The van der Waals surface area contributed by atoms with E-state index in [4.69, 9.17) is 11.0 Å². The van der Waals surface area contributed by atoms with Crippen LogP contribution in [0.5, 0.6) is 0 Å². The summed E-state index contributed by atoms with van der Waals surface area (Å²) in [6.45, 7) is 1.47. The number of benzene rings is 3. The van der Waals surface area contributed by atoms with Crippen molar-refractivity contribution in [3.05, 3.63) is 82.7 Å². The summed E-state index contributed by atoms with van der Waals surface area (Å²) >= 11 is 0. The monoisotopic (exact) mass is 475 g/mol. The minimum atomic E-state index is -1.01. The fourth-order valence-electron chi connectivity index (χ4n) is 5.48. The van der Waals surface area contributed by atoms with Gasteiger partial charge in [0.05, 0.1) is 5.56 Å². The van der Waals surface area contributed by atoms with Crippen LogP contribution in [0.25, 0.3) is 22.3 Å². The minimum Gasteiger partial charge on any atom is -0.333 e. The SMILES string of the molecule is Cc1ccc(-c2ccc(C(=O)N3[C@@H]4CC[C@H]3CC(N)C4)cc2-c2ccc(C#N)c(F)c2)c(F)c1F. The molecule has 7 heteroatoms. The lowest BCUT2D eigenvalue weighted by Crippen LogP contribution is -2.50. The molecule has 35 heavy (non-hydrogen) atoms. The number of piperidine rings is 1. The third-order valence-corrected chi connectivity index (χ3v) is 7.24. The Morgan fingerprint density at radius 3 is 2.29 bits per heavy atom. The third-order valence-electron chi connectivity index (χ3n) is 7.24. The highest BCUT2D eigenvalue weighted by Crippen LogP contribution is 2.39. The molecule has 1 amide bonds. The van der Waals surface area contributed by atoms with Crippen LogP contribution in [0.1, 0.15) is 47.2 Å². The molecule has 0 spiro atoms. The van der Waals surface area contributed by atoms with Crippen LogP contribution in [0.4, 0.5) is 13.2 Å². The van der Waals surface area contributed by atoms with Gasteiger partial charge in [-0.25, -0.2) is 13.2 Å². The van der Waals surface area contributed by atoms with Crippen molar-refractivity contribution in [2.24, 2.45) is 5.73 Å². The van der Waals surface area contributed by atoms with Crippen molar-refractivity contribution < 1.29 is 18.0 Å². The normalized spacial score (nSPS) is 21.1. The third kappa shape index (κ3) is 3.98. The Labute approximate surface area is 201 Å². The van der Waals surface area contributed by atoms with Crippen LogP contribution in [0.15, 0.2) is 48.5 Å². The van der Waals surface area contributed by atoms with E-state index >= 15 is 0 Å². The van der Waals surface area contributed by atoms with Crippen molar-refractivity contribution in [1.29, 1.82) is 5.26 Å². The highest BCUT2D eigenvalue weighted by atomic mass is 19.2. The number of halogens is 3. The number of amides is 1. The van der Waals surface area contributed by atoms with E-state index in [1.807, 2.05) is 4.90 Å². The molecule has 0 aliphatic carbocycles. The molecular formula is C28H24F3N3O. The summed E-state index contributed by atoms with van der Waals surface area (Å²) in [4.78, 5) is 15.5. The van der Waals surface area contributed by atoms with Crippen molar-refractivity contribution in [2.75, 3.05) is 0 Å². The molecule has 2 aliphatic rings. The first-order valence-corrected chi connectivity index (χ1v) is 11.7. The Hall–Kier alpha value is -3.63. The average molecular weight is 476 g/mol. The zero-order chi connectivity index (χ0) is 24.9. The van der Waals surface area contributed by atoms with Crippen molar-refractivity contribution in [3.8, 4) is 28.3 Å². The van der Waals surface area contributed by atoms with E-state index in [1.54, 1.807) is 30.3 Å². The number of fused-ring (bicyclic) bond motifs is 2. The van der Waals surface area contributed by atoms with E-state index in [1.165, 1.54) is 31.2 Å². The number of nitrogens with two attached hydrogens (primary N) is 1. The second-order valence-electron chi connectivity index (χ2n) is 9.45. The Morgan fingerprint density at radius 2 is 1.63 bits per heavy atom. The van der Waals surface area contributed by atoms with Crippen LogP contribution < -0.4 is 5.73 Å². The van der Waals surface area contributed by atoms with Gasteiger partial charge < -0.3 is 10.6 Å². The van der Waals surface area contributed by atoms with Crippen LogP contribution >= 0.6 is 0 Å². The van der Waals surface area contributed by atoms with Crippen LogP contribution in [-0.2, 0) is 0 Å². The molecule has 2 bridgehead atoms. The molecule has 0 radical (unpaired) electrons. The van der Waals surface area contributed by atoms with E-state index < -0.39 is 17.5 Å². The average Bonchev–Trinajstić information content (AvgIpc) is 3.12. The maximum atomic E-state index is 15.0. The molecule has 178 valence electrons. The predicted octanol–water partition coefficient (Wildman–Crippen LogP) is 5.71. The molecule has 2 N–H and O–H groups in total. The van der Waals surface area contributed by atoms with E-state index in [9.17, 15) is 18.0 Å². The fourth-order valence-corrected chi connectivity index (χ4v) is 5.48. The number of carbonyl (C=O) groups excluding carboxylic acids is 1. The molecule has 1 unspecified atom stereocenters. The highest BCUT2D eigenvalue weighted by Gasteiger charge is 2.42. The molecule has 2 heterocycles. The van der Waals surface area contributed by atoms with Gasteiger partial charge in [0.25, 0.3) is 5.91 Å². The number of nitriles is 1. The number of aryl methyl sites for hydroxylation is 1. The van der Waals surface area contributed by atoms with E-state index in [0.29, 0.717) is 22.3 Å². The van der Waals surface area contributed by atoms with Gasteiger partial charge >= 0.3 is 0 Å². The second-order valence-corrected chi connectivity index (χ2v) is 9.45. The smallest absolute Gasteiger partial charge is 0.254 e. The lowest BCUT2D eigenvalue weighted by Gasteiger charge is -2.38. The van der Waals surface area contributed by atoms with Crippen LogP contribution in [0.3, 0.4) is 0 Å². The standard InChI is InChI=1S/C28H24F3N3O/c1-15-2-8-23(27(31)26(15)30)22-9-5-17(10-24(22)16-3-4-18(14-32)25(29)11-16)28(35)34-20-6-7-21(34)13-19(33)12-20/h2-5,8-11,19-21H,6-7,12-13,33H2,1H3/t19?,20-,21+. The van der Waals surface area contributed by atoms with Crippen LogP contribution in [0.2, 0.25) is 0 Å². The number of rotatable bonds is 3. The van der Waals surface area contributed by atoms with Crippen molar-refractivity contribution in [2.45, 2.75) is 50.7 Å². The molecule has 0 aromatic heterocycles. The number of nitrogens with zero attached hydrogens (tertiary/aromatic N) is 2. The summed E-state index contributed by atoms with van der Waals surface area (Å²) in [6.07, 6.45) is 3.32. The zero-order valence-corrected chi connectivity index (χ0v) is 19.2. The largest absolute Gasteiger partial charge is 0.333 e. The lowest BCUT2D eigenvalue weighted by molar-refractivity contribution is 0.0575. The van der Waals surface area contributed by atoms with Gasteiger partial charge in [0.2, 0.25) is 0 Å². The number of hydrogen-bond acceptors (Lipinski definition) is 3. The van der Waals surface area contributed by atoms with Crippen LogP contribution in [0, 0.1) is 35.7 Å². The zero-order valence-electron chi connectivity index (χ0n) is 19.2. The summed E-state index contributed by atoms with van der Waals surface area (Å²) < 4.78 is 43.9. The summed E-state index contributed by atoms with van der Waals surface area (Å²) in [5, 5.41) is 9.10. The van der Waals surface area contributed by atoms with Gasteiger partial charge in [0.15, 0.2) is 11.6 Å². The van der Waals surface area contributed by atoms with E-state index in [0.717, 1.165) is 25.7 Å². The molecule has 0 saturated carbocycles. The maximum Gasteiger partial charge on any atom is 0.254 e. The molecule has 3 aromatic rings. The van der Waals surface area contributed by atoms with Crippen LogP contribution in [-0.4, -0.2) is 28.9 Å². The summed E-state index contributed by atoms with van der Waals surface area (Å²) in [5.41, 5.74) is 7.65. The first-order chi connectivity index (χ1) is 16.8. The first-order valence-electron chi connectivity index (χ1n) is 11.7. The Kier molecular flexibility index (Phi) is 5.86. The molecule has 3 atom stereocenters. The molecular weight excluding hydrogens is 451 g/mol. The van der Waals surface area contributed by atoms with Crippen molar-refractivity contribution >= 4 is 5.91 Å². The van der Waals surface area contributed by atoms with Gasteiger partial charge in [-0.2, -0.15) is 5.26 Å². The Balaban J connectivity index is 1.64. The van der Waals surface area contributed by atoms with Gasteiger partial charge in [-0.05, 0) is 79.1 Å². The van der Waals surface area contributed by atoms with Gasteiger partial charge in [0, 0.05) is 29.3 Å². The quantitative estimate of drug-likeness (QED) is 0.527. The van der Waals surface area contributed by atoms with Gasteiger partial charge in [0.1, 0.15) is 11.9 Å². The van der Waals surface area contributed by atoms with Gasteiger partial charge in [-0.15, -0.1) is 0 Å². The fraction of sp³-hybridized carbons (Fsp3) is 0.286. The van der Waals surface area contributed by atoms with Gasteiger partial charge in [-0.1, -0.05) is 24.3 Å². The summed E-state index contributed by atoms with van der Waals surface area (Å²) in [5.74, 6) is -2.85. The Morgan fingerprint density at radius 1 is 0.943 bits per heavy atom. The number of hydrogen-bond donors (Lipinski definition) is 1. The molecule has 2 saturated heterocycles. The summed E-state index contributed by atoms with van der Waals surface area (Å²) in [7, 11) is 0. The van der Waals surface area contributed by atoms with E-state index in [-0.39, 0.29) is 40.7 Å². The molecule has 2 fully saturated rings. The molecule has 5 rings (SSSR count). The molecule has 2 aliphatic heterocycles. The van der Waals surface area contributed by atoms with E-state index in [2.05, 4.69) is 0 Å². The summed E-state index contributed by atoms with van der Waals surface area (Å²) in [6, 6.07) is 13.8. The lowest BCUT2D eigenvalue weighted by atomic mass is 9.90. The molecule has 3 aromatic carbocycles. The van der Waals surface area contributed by atoms with Crippen molar-refractivity contribution in [3.63, 3.8) is 0 Å². The second kappa shape index (κ2) is 8.86. The first kappa shape index (κ1) is 23.1. The van der Waals surface area contributed by atoms with Gasteiger partial charge in [-0.3, -0.25) is 4.79 Å². The minimum absolute atomic E-state index is 0.0101. The topological polar surface area (TPSA) is 70.1 Å². The van der Waals surface area contributed by atoms with Crippen molar-refractivity contribution in [1.82, 2.24) is 4.90 Å². The molecule has 4 nitrogen and oxygen atoms in total. The predicted molar refractivity (Wildman–Crippen MR) is 127 cm³/mol.